The van der Waals surface area contributed by atoms with Gasteiger partial charge in [0.1, 0.15) is 23.1 Å². The molecule has 0 saturated carbocycles. The van der Waals surface area contributed by atoms with Crippen molar-refractivity contribution in [3.8, 4) is 16.5 Å². The van der Waals surface area contributed by atoms with Crippen LogP contribution >= 0.6 is 11.3 Å². The van der Waals surface area contributed by atoms with Crippen LogP contribution in [0, 0.1) is 5.82 Å². The van der Waals surface area contributed by atoms with Crippen LogP contribution in [0.3, 0.4) is 0 Å². The normalized spacial score (nSPS) is 16.0. The number of aromatic nitrogens is 3. The number of hydrogen-bond donors (Lipinski definition) is 1. The monoisotopic (exact) mass is 523 g/mol. The molecule has 2 aliphatic rings. The summed E-state index contributed by atoms with van der Waals surface area (Å²) in [4.78, 5) is 39.2. The van der Waals surface area contributed by atoms with Gasteiger partial charge < -0.3 is 19.5 Å². The maximum Gasteiger partial charge on any atom is 0.414 e. The molecule has 6 rings (SSSR count). The van der Waals surface area contributed by atoms with E-state index in [2.05, 4.69) is 9.97 Å². The van der Waals surface area contributed by atoms with Gasteiger partial charge in [-0.1, -0.05) is 12.1 Å². The molecule has 2 fully saturated rings. The van der Waals surface area contributed by atoms with E-state index in [-0.39, 0.29) is 23.8 Å². The van der Waals surface area contributed by atoms with Gasteiger partial charge >= 0.3 is 11.7 Å². The Kier molecular flexibility index (Phi) is 5.97. The van der Waals surface area contributed by atoms with Gasteiger partial charge in [0, 0.05) is 36.8 Å². The topological polar surface area (TPSA) is 110 Å². The van der Waals surface area contributed by atoms with Gasteiger partial charge in [0.05, 0.1) is 31.1 Å². The van der Waals surface area contributed by atoms with Gasteiger partial charge in [-0.15, -0.1) is 11.3 Å². The van der Waals surface area contributed by atoms with E-state index in [1.54, 1.807) is 24.5 Å². The maximum absolute atomic E-state index is 13.4. The number of morpholine rings is 1. The third-order valence-corrected chi connectivity index (χ3v) is 7.35. The van der Waals surface area contributed by atoms with Crippen LogP contribution in [0.15, 0.2) is 47.5 Å². The third kappa shape index (κ3) is 4.38. The molecule has 2 aliphatic heterocycles. The summed E-state index contributed by atoms with van der Waals surface area (Å²) in [5.74, 6) is -0.844. The van der Waals surface area contributed by atoms with Crippen molar-refractivity contribution in [3.05, 3.63) is 69.3 Å². The van der Waals surface area contributed by atoms with E-state index in [0.717, 1.165) is 10.4 Å². The number of halogens is 1. The highest BCUT2D eigenvalue weighted by Gasteiger charge is 2.29. The summed E-state index contributed by atoms with van der Waals surface area (Å²) in [6.45, 7) is 2.87. The average molecular weight is 524 g/mol. The molecular formula is C25H22FN5O5S. The number of hydrogen-bond acceptors (Lipinski definition) is 9. The second-order valence-corrected chi connectivity index (χ2v) is 9.81. The first-order valence-corrected chi connectivity index (χ1v) is 12.6. The fraction of sp³-hybridized carbons (Fsp3) is 0.280. The van der Waals surface area contributed by atoms with Crippen LogP contribution in [0.2, 0.25) is 0 Å². The van der Waals surface area contributed by atoms with Crippen molar-refractivity contribution >= 4 is 34.5 Å². The summed E-state index contributed by atoms with van der Waals surface area (Å²) in [7, 11) is 0. The van der Waals surface area contributed by atoms with Crippen LogP contribution in [-0.2, 0) is 15.9 Å². The van der Waals surface area contributed by atoms with Crippen LogP contribution < -0.4 is 15.4 Å². The van der Waals surface area contributed by atoms with Crippen LogP contribution in [0.5, 0.6) is 5.75 Å². The third-order valence-electron chi connectivity index (χ3n) is 6.34. The van der Waals surface area contributed by atoms with E-state index in [0.29, 0.717) is 55.7 Å². The number of aromatic hydroxyl groups is 1. The lowest BCUT2D eigenvalue weighted by Crippen LogP contribution is -2.37. The van der Waals surface area contributed by atoms with E-state index >= 15 is 0 Å². The first-order chi connectivity index (χ1) is 18.0. The Morgan fingerprint density at radius 1 is 1.08 bits per heavy atom. The molecule has 2 saturated heterocycles. The lowest BCUT2D eigenvalue weighted by Gasteiger charge is -2.30. The smallest absolute Gasteiger partial charge is 0.414 e. The number of cyclic esters (lactones) is 1. The predicted octanol–water partition coefficient (Wildman–Crippen LogP) is 3.05. The summed E-state index contributed by atoms with van der Waals surface area (Å²) in [5, 5.41) is 11.2. The zero-order chi connectivity index (χ0) is 25.5. The molecule has 0 aliphatic carbocycles. The Bertz CT molecular complexity index is 1550. The van der Waals surface area contributed by atoms with Crippen molar-refractivity contribution in [2.45, 2.75) is 6.42 Å². The van der Waals surface area contributed by atoms with Crippen molar-refractivity contribution in [3.63, 3.8) is 0 Å². The number of pyridine rings is 1. The molecule has 0 unspecified atom stereocenters. The Morgan fingerprint density at radius 2 is 1.86 bits per heavy atom. The van der Waals surface area contributed by atoms with Crippen LogP contribution in [-0.4, -0.2) is 65.0 Å². The maximum atomic E-state index is 13.4. The van der Waals surface area contributed by atoms with Gasteiger partial charge in [-0.05, 0) is 23.8 Å². The molecule has 5 heterocycles. The Balaban J connectivity index is 1.45. The highest BCUT2D eigenvalue weighted by atomic mass is 32.1. The lowest BCUT2D eigenvalue weighted by atomic mass is 10.1. The number of benzene rings is 1. The molecule has 190 valence electrons. The fourth-order valence-electron chi connectivity index (χ4n) is 4.46. The van der Waals surface area contributed by atoms with Crippen molar-refractivity contribution in [1.82, 2.24) is 14.4 Å². The largest absolute Gasteiger partial charge is 0.501 e. The van der Waals surface area contributed by atoms with E-state index in [4.69, 9.17) is 9.47 Å². The van der Waals surface area contributed by atoms with Gasteiger partial charge in [0.2, 0.25) is 5.75 Å². The number of ether oxygens (including phenoxy) is 2. The molecule has 0 spiro atoms. The van der Waals surface area contributed by atoms with E-state index in [1.807, 2.05) is 11.0 Å². The zero-order valence-corrected chi connectivity index (χ0v) is 20.4. The van der Waals surface area contributed by atoms with Gasteiger partial charge in [-0.2, -0.15) is 0 Å². The summed E-state index contributed by atoms with van der Waals surface area (Å²) in [6, 6.07) is 7.99. The van der Waals surface area contributed by atoms with Gasteiger partial charge in [0.15, 0.2) is 5.65 Å². The fourth-order valence-corrected chi connectivity index (χ4v) is 5.39. The predicted molar refractivity (Wildman–Crippen MR) is 135 cm³/mol. The molecule has 1 aromatic carbocycles. The minimum Gasteiger partial charge on any atom is -0.501 e. The molecule has 0 bridgehead atoms. The SMILES string of the molecule is O=C1OCCN1c1cc(N2CCOCC2)cn2c(=O)c(O)c(-c3ncc(Cc4ccc(F)cc4)s3)nc12. The number of amides is 1. The van der Waals surface area contributed by atoms with Crippen LogP contribution in [0.25, 0.3) is 16.3 Å². The van der Waals surface area contributed by atoms with Crippen molar-refractivity contribution in [2.24, 2.45) is 0 Å². The molecule has 37 heavy (non-hydrogen) atoms. The van der Waals surface area contributed by atoms with Crippen molar-refractivity contribution < 1.29 is 23.8 Å². The first kappa shape index (κ1) is 23.4. The number of fused-ring (bicyclic) bond motifs is 1. The highest BCUT2D eigenvalue weighted by molar-refractivity contribution is 7.15. The number of anilines is 2. The average Bonchev–Trinajstić information content (AvgIpc) is 3.56. The van der Waals surface area contributed by atoms with Gasteiger partial charge in [-0.3, -0.25) is 14.1 Å². The first-order valence-electron chi connectivity index (χ1n) is 11.7. The molecule has 0 radical (unpaired) electrons. The number of carbonyl (C=O) groups excluding carboxylic acids is 1. The Morgan fingerprint density at radius 3 is 2.59 bits per heavy atom. The zero-order valence-electron chi connectivity index (χ0n) is 19.6. The molecule has 3 aromatic heterocycles. The second kappa shape index (κ2) is 9.45. The van der Waals surface area contributed by atoms with Gasteiger partial charge in [0.25, 0.3) is 0 Å². The summed E-state index contributed by atoms with van der Waals surface area (Å²) < 4.78 is 25.1. The molecular weight excluding hydrogens is 501 g/mol. The number of nitrogens with zero attached hydrogens (tertiary/aromatic N) is 5. The summed E-state index contributed by atoms with van der Waals surface area (Å²) in [6.07, 6.45) is 3.25. The minimum absolute atomic E-state index is 0.0355. The molecule has 10 nitrogen and oxygen atoms in total. The minimum atomic E-state index is -0.667. The molecule has 1 N–H and O–H groups in total. The van der Waals surface area contributed by atoms with Crippen LogP contribution in [0.4, 0.5) is 20.6 Å². The van der Waals surface area contributed by atoms with E-state index < -0.39 is 17.4 Å². The van der Waals surface area contributed by atoms with Gasteiger partial charge in [-0.25, -0.2) is 19.2 Å². The Labute approximate surface area is 214 Å². The number of rotatable bonds is 5. The standard InChI is InChI=1S/C25H22FN5O5S/c26-16-3-1-15(2-4-16)11-18-13-27-23(37-18)20-21(32)24(33)31-14-17(29-5-8-35-9-6-29)12-19(22(31)28-20)30-7-10-36-25(30)34/h1-4,12-14,32H,5-11H2. The summed E-state index contributed by atoms with van der Waals surface area (Å²) >= 11 is 1.28. The van der Waals surface area contributed by atoms with E-state index in [1.165, 1.54) is 32.8 Å². The van der Waals surface area contributed by atoms with Crippen molar-refractivity contribution in [2.75, 3.05) is 49.3 Å². The van der Waals surface area contributed by atoms with E-state index in [9.17, 15) is 19.1 Å². The second-order valence-electron chi connectivity index (χ2n) is 8.69. The van der Waals surface area contributed by atoms with Crippen molar-refractivity contribution in [1.29, 1.82) is 0 Å². The molecule has 0 atom stereocenters. The van der Waals surface area contributed by atoms with Crippen LogP contribution in [0.1, 0.15) is 10.4 Å². The molecule has 12 heteroatoms. The number of carbonyl (C=O) groups is 1. The summed E-state index contributed by atoms with van der Waals surface area (Å²) in [5.41, 5.74) is 1.60. The lowest BCUT2D eigenvalue weighted by molar-refractivity contribution is 0.122. The molecule has 1 amide bonds. The highest BCUT2D eigenvalue weighted by Crippen LogP contribution is 2.34. The number of thiazole rings is 1. The molecule has 4 aromatic rings. The Hall–Kier alpha value is -4.03. The quantitative estimate of drug-likeness (QED) is 0.425.